The second-order valence-corrected chi connectivity index (χ2v) is 7.64. The zero-order valence-corrected chi connectivity index (χ0v) is 13.2. The summed E-state index contributed by atoms with van der Waals surface area (Å²) in [5, 5.41) is 0. The van der Waals surface area contributed by atoms with Gasteiger partial charge in [0, 0.05) is 36.5 Å². The molecule has 0 aromatic carbocycles. The molecule has 1 aromatic rings. The molecule has 1 amide bonds. The van der Waals surface area contributed by atoms with Gasteiger partial charge in [-0.15, -0.1) is 0 Å². The van der Waals surface area contributed by atoms with Crippen LogP contribution in [-0.4, -0.2) is 36.9 Å². The topological polar surface area (TPSA) is 59.4 Å². The largest absolute Gasteiger partial charge is 0.342 e. The van der Waals surface area contributed by atoms with Crippen molar-refractivity contribution in [1.29, 1.82) is 0 Å². The van der Waals surface area contributed by atoms with E-state index < -0.39 is 9.05 Å². The average molecular weight is 319 g/mol. The summed E-state index contributed by atoms with van der Waals surface area (Å²) in [6, 6.07) is 1.36. The minimum absolute atomic E-state index is 0.0214. The van der Waals surface area contributed by atoms with Gasteiger partial charge in [-0.05, 0) is 38.7 Å². The van der Waals surface area contributed by atoms with Crippen LogP contribution >= 0.6 is 10.7 Å². The van der Waals surface area contributed by atoms with E-state index in [0.29, 0.717) is 24.7 Å². The number of hydrogen-bond donors (Lipinski definition) is 0. The van der Waals surface area contributed by atoms with Crippen molar-refractivity contribution in [3.05, 3.63) is 18.0 Å². The van der Waals surface area contributed by atoms with Gasteiger partial charge in [0.1, 0.15) is 10.6 Å². The normalized spacial score (nSPS) is 15.3. The first-order valence-electron chi connectivity index (χ1n) is 6.80. The molecule has 0 saturated heterocycles. The zero-order chi connectivity index (χ0) is 14.9. The van der Waals surface area contributed by atoms with E-state index in [4.69, 9.17) is 10.7 Å². The van der Waals surface area contributed by atoms with Gasteiger partial charge >= 0.3 is 0 Å². The molecule has 1 aliphatic rings. The standard InChI is InChI=1S/C13H19ClN2O3S/c1-3-15-9-11(20(14,18)19)7-12(15)13(17)16(4-2)8-10-5-6-10/h7,9-10H,3-6,8H2,1-2H3. The first-order chi connectivity index (χ1) is 9.36. The predicted molar refractivity (Wildman–Crippen MR) is 77.4 cm³/mol. The summed E-state index contributed by atoms with van der Waals surface area (Å²) < 4.78 is 24.4. The lowest BCUT2D eigenvalue weighted by atomic mass is 10.3. The minimum Gasteiger partial charge on any atom is -0.342 e. The van der Waals surface area contributed by atoms with Gasteiger partial charge in [-0.2, -0.15) is 0 Å². The van der Waals surface area contributed by atoms with E-state index >= 15 is 0 Å². The van der Waals surface area contributed by atoms with Gasteiger partial charge < -0.3 is 9.47 Å². The molecule has 112 valence electrons. The molecule has 0 radical (unpaired) electrons. The maximum Gasteiger partial charge on any atom is 0.270 e. The molecule has 0 bridgehead atoms. The van der Waals surface area contributed by atoms with Gasteiger partial charge in [-0.3, -0.25) is 4.79 Å². The van der Waals surface area contributed by atoms with Crippen LogP contribution < -0.4 is 0 Å². The first-order valence-corrected chi connectivity index (χ1v) is 9.11. The summed E-state index contributed by atoms with van der Waals surface area (Å²) in [6.07, 6.45) is 3.75. The van der Waals surface area contributed by atoms with E-state index in [1.54, 1.807) is 9.47 Å². The van der Waals surface area contributed by atoms with Crippen LogP contribution in [0.4, 0.5) is 0 Å². The van der Waals surface area contributed by atoms with Crippen molar-refractivity contribution < 1.29 is 13.2 Å². The molecule has 7 heteroatoms. The van der Waals surface area contributed by atoms with Crippen LogP contribution in [0.15, 0.2) is 17.2 Å². The second-order valence-electron chi connectivity index (χ2n) is 5.07. The van der Waals surface area contributed by atoms with E-state index in [2.05, 4.69) is 0 Å². The summed E-state index contributed by atoms with van der Waals surface area (Å²) in [6.45, 7) is 5.67. The summed E-state index contributed by atoms with van der Waals surface area (Å²) in [5.41, 5.74) is 0.384. The molecule has 0 N–H and O–H groups in total. The van der Waals surface area contributed by atoms with E-state index in [1.807, 2.05) is 13.8 Å². The Kier molecular flexibility index (Phi) is 4.44. The van der Waals surface area contributed by atoms with E-state index in [0.717, 1.165) is 6.54 Å². The number of rotatable bonds is 6. The van der Waals surface area contributed by atoms with Gasteiger partial charge in [0.05, 0.1) is 0 Å². The number of amides is 1. The lowest BCUT2D eigenvalue weighted by Gasteiger charge is -2.21. The van der Waals surface area contributed by atoms with Gasteiger partial charge in [0.2, 0.25) is 0 Å². The lowest BCUT2D eigenvalue weighted by molar-refractivity contribution is 0.0746. The smallest absolute Gasteiger partial charge is 0.270 e. The molecule has 1 fully saturated rings. The molecule has 1 heterocycles. The summed E-state index contributed by atoms with van der Waals surface area (Å²) in [4.78, 5) is 14.3. The van der Waals surface area contributed by atoms with Crippen molar-refractivity contribution in [3.63, 3.8) is 0 Å². The number of carbonyl (C=O) groups is 1. The monoisotopic (exact) mass is 318 g/mol. The van der Waals surface area contributed by atoms with Crippen LogP contribution in [0.25, 0.3) is 0 Å². The maximum absolute atomic E-state index is 12.5. The third-order valence-corrected chi connectivity index (χ3v) is 4.88. The fraction of sp³-hybridized carbons (Fsp3) is 0.615. The van der Waals surface area contributed by atoms with Crippen LogP contribution in [0.2, 0.25) is 0 Å². The summed E-state index contributed by atoms with van der Waals surface area (Å²) >= 11 is 0. The van der Waals surface area contributed by atoms with Gasteiger partial charge in [0.15, 0.2) is 0 Å². The van der Waals surface area contributed by atoms with E-state index in [1.165, 1.54) is 25.1 Å². The number of aryl methyl sites for hydroxylation is 1. The highest BCUT2D eigenvalue weighted by molar-refractivity contribution is 8.13. The summed E-state index contributed by atoms with van der Waals surface area (Å²) in [7, 11) is 1.54. The Balaban J connectivity index is 2.29. The van der Waals surface area contributed by atoms with Crippen LogP contribution in [0, 0.1) is 5.92 Å². The Labute approximate surface area is 123 Å². The zero-order valence-electron chi connectivity index (χ0n) is 11.7. The van der Waals surface area contributed by atoms with Crippen molar-refractivity contribution in [2.24, 2.45) is 5.92 Å². The van der Waals surface area contributed by atoms with Crippen molar-refractivity contribution in [2.75, 3.05) is 13.1 Å². The van der Waals surface area contributed by atoms with E-state index in [-0.39, 0.29) is 10.8 Å². The molecule has 1 saturated carbocycles. The Hall–Kier alpha value is -1.01. The van der Waals surface area contributed by atoms with Gasteiger partial charge in [0.25, 0.3) is 15.0 Å². The number of hydrogen-bond acceptors (Lipinski definition) is 3. The fourth-order valence-electron chi connectivity index (χ4n) is 2.19. The fourth-order valence-corrected chi connectivity index (χ4v) is 2.95. The third kappa shape index (κ3) is 3.35. The average Bonchev–Trinajstić information content (AvgIpc) is 3.08. The molecule has 2 rings (SSSR count). The predicted octanol–water partition coefficient (Wildman–Crippen LogP) is 2.31. The van der Waals surface area contributed by atoms with Crippen molar-refractivity contribution in [3.8, 4) is 0 Å². The van der Waals surface area contributed by atoms with Gasteiger partial charge in [-0.25, -0.2) is 8.42 Å². The Morgan fingerprint density at radius 3 is 2.55 bits per heavy atom. The Bertz CT molecular complexity index is 605. The quantitative estimate of drug-likeness (QED) is 0.756. The number of halogens is 1. The molecular formula is C13H19ClN2O3S. The van der Waals surface area contributed by atoms with Crippen molar-refractivity contribution in [1.82, 2.24) is 9.47 Å². The number of carbonyl (C=O) groups excluding carboxylic acids is 1. The highest BCUT2D eigenvalue weighted by Crippen LogP contribution is 2.30. The highest BCUT2D eigenvalue weighted by Gasteiger charge is 2.28. The molecule has 20 heavy (non-hydrogen) atoms. The lowest BCUT2D eigenvalue weighted by Crippen LogP contribution is -2.34. The van der Waals surface area contributed by atoms with Crippen LogP contribution in [-0.2, 0) is 15.6 Å². The van der Waals surface area contributed by atoms with Crippen LogP contribution in [0.3, 0.4) is 0 Å². The number of aromatic nitrogens is 1. The molecule has 0 unspecified atom stereocenters. The second kappa shape index (κ2) is 5.77. The van der Waals surface area contributed by atoms with Crippen molar-refractivity contribution in [2.45, 2.75) is 38.1 Å². The molecule has 5 nitrogen and oxygen atoms in total. The SMILES string of the molecule is CCN(CC1CC1)C(=O)c1cc(S(=O)(=O)Cl)cn1CC. The maximum atomic E-state index is 12.5. The van der Waals surface area contributed by atoms with Crippen molar-refractivity contribution >= 4 is 25.6 Å². The number of nitrogens with zero attached hydrogens (tertiary/aromatic N) is 2. The molecule has 0 atom stereocenters. The summed E-state index contributed by atoms with van der Waals surface area (Å²) in [5.74, 6) is 0.466. The van der Waals surface area contributed by atoms with Crippen LogP contribution in [0.1, 0.15) is 37.2 Å². The third-order valence-electron chi connectivity index (χ3n) is 3.56. The van der Waals surface area contributed by atoms with Crippen LogP contribution in [0.5, 0.6) is 0 Å². The van der Waals surface area contributed by atoms with Gasteiger partial charge in [-0.1, -0.05) is 0 Å². The molecule has 0 spiro atoms. The Morgan fingerprint density at radius 2 is 2.10 bits per heavy atom. The molecule has 1 aliphatic carbocycles. The Morgan fingerprint density at radius 1 is 1.45 bits per heavy atom. The first kappa shape index (κ1) is 15.4. The van der Waals surface area contributed by atoms with E-state index in [9.17, 15) is 13.2 Å². The molecule has 1 aromatic heterocycles. The highest BCUT2D eigenvalue weighted by atomic mass is 35.7. The minimum atomic E-state index is -3.81. The molecule has 0 aliphatic heterocycles. The molecular weight excluding hydrogens is 300 g/mol.